The van der Waals surface area contributed by atoms with E-state index < -0.39 is 0 Å². The predicted molar refractivity (Wildman–Crippen MR) is 84.1 cm³/mol. The second kappa shape index (κ2) is 5.26. The lowest BCUT2D eigenvalue weighted by Crippen LogP contribution is -2.11. The summed E-state index contributed by atoms with van der Waals surface area (Å²) in [5.74, 6) is 0.618. The summed E-state index contributed by atoms with van der Waals surface area (Å²) in [6.07, 6.45) is 2.48. The number of hydrogen-bond donors (Lipinski definition) is 1. The molecule has 1 saturated carbocycles. The van der Waals surface area contributed by atoms with E-state index in [9.17, 15) is 0 Å². The van der Waals surface area contributed by atoms with Crippen LogP contribution in [0.15, 0.2) is 24.3 Å². The zero-order chi connectivity index (χ0) is 15.0. The zero-order valence-corrected chi connectivity index (χ0v) is 13.1. The van der Waals surface area contributed by atoms with Crippen molar-refractivity contribution in [2.24, 2.45) is 5.73 Å². The van der Waals surface area contributed by atoms with Crippen LogP contribution in [0, 0.1) is 0 Å². The minimum absolute atomic E-state index is 0.192. The van der Waals surface area contributed by atoms with Crippen LogP contribution < -0.4 is 5.73 Å². The molecule has 4 heteroatoms. The van der Waals surface area contributed by atoms with Gasteiger partial charge in [-0.05, 0) is 29.4 Å². The minimum Gasteiger partial charge on any atom is -0.325 e. The molecule has 3 rings (SSSR count). The lowest BCUT2D eigenvalue weighted by atomic mass is 9.87. The van der Waals surface area contributed by atoms with E-state index in [4.69, 9.17) is 5.73 Å². The highest BCUT2D eigenvalue weighted by Gasteiger charge is 2.30. The third-order valence-electron chi connectivity index (χ3n) is 4.16. The molecule has 0 saturated heterocycles. The van der Waals surface area contributed by atoms with Crippen LogP contribution in [0.3, 0.4) is 0 Å². The Balaban J connectivity index is 1.82. The second-order valence-corrected chi connectivity index (χ2v) is 7.00. The molecule has 1 aromatic heterocycles. The fraction of sp³-hybridized carbons (Fsp3) is 0.529. The molecule has 21 heavy (non-hydrogen) atoms. The molecule has 4 nitrogen and oxygen atoms in total. The molecule has 0 spiro atoms. The normalized spacial score (nSPS) is 15.4. The Kier molecular flexibility index (Phi) is 3.57. The summed E-state index contributed by atoms with van der Waals surface area (Å²) in [6.45, 7) is 7.96. The van der Waals surface area contributed by atoms with Gasteiger partial charge in [-0.1, -0.05) is 50.3 Å². The van der Waals surface area contributed by atoms with E-state index in [1.54, 1.807) is 0 Å². The van der Waals surface area contributed by atoms with E-state index in [0.717, 1.165) is 12.2 Å². The van der Waals surface area contributed by atoms with E-state index >= 15 is 0 Å². The standard InChI is InChI=1S/C17H24N4/c1-17(2,3)14-8-4-12(5-9-14)11-21-16(13-6-7-13)15(10-18)19-20-21/h4-5,8-9,13H,6-7,10-11,18H2,1-3H3. The van der Waals surface area contributed by atoms with Crippen molar-refractivity contribution in [1.29, 1.82) is 0 Å². The molecule has 2 aromatic rings. The van der Waals surface area contributed by atoms with Crippen molar-refractivity contribution in [2.45, 2.75) is 58.0 Å². The van der Waals surface area contributed by atoms with E-state index in [0.29, 0.717) is 12.5 Å². The molecule has 1 heterocycles. The van der Waals surface area contributed by atoms with Crippen molar-refractivity contribution in [1.82, 2.24) is 15.0 Å². The van der Waals surface area contributed by atoms with Crippen LogP contribution in [0.2, 0.25) is 0 Å². The lowest BCUT2D eigenvalue weighted by Gasteiger charge is -2.19. The van der Waals surface area contributed by atoms with Crippen molar-refractivity contribution >= 4 is 0 Å². The Hall–Kier alpha value is -1.68. The van der Waals surface area contributed by atoms with Gasteiger partial charge in [0.25, 0.3) is 0 Å². The minimum atomic E-state index is 0.192. The van der Waals surface area contributed by atoms with Crippen LogP contribution in [0.25, 0.3) is 0 Å². The van der Waals surface area contributed by atoms with Crippen LogP contribution in [0.4, 0.5) is 0 Å². The second-order valence-electron chi connectivity index (χ2n) is 7.00. The molecular formula is C17H24N4. The van der Waals surface area contributed by atoms with Crippen molar-refractivity contribution in [3.63, 3.8) is 0 Å². The van der Waals surface area contributed by atoms with Gasteiger partial charge in [-0.15, -0.1) is 5.10 Å². The van der Waals surface area contributed by atoms with Gasteiger partial charge in [-0.25, -0.2) is 4.68 Å². The molecule has 1 aliphatic carbocycles. The third kappa shape index (κ3) is 3.00. The van der Waals surface area contributed by atoms with E-state index in [-0.39, 0.29) is 5.41 Å². The topological polar surface area (TPSA) is 56.7 Å². The van der Waals surface area contributed by atoms with Gasteiger partial charge < -0.3 is 5.73 Å². The first kappa shape index (κ1) is 14.3. The number of hydrogen-bond acceptors (Lipinski definition) is 3. The average molecular weight is 284 g/mol. The lowest BCUT2D eigenvalue weighted by molar-refractivity contribution is 0.588. The monoisotopic (exact) mass is 284 g/mol. The summed E-state index contributed by atoms with van der Waals surface area (Å²) in [6, 6.07) is 8.82. The smallest absolute Gasteiger partial charge is 0.0997 e. The fourth-order valence-corrected chi connectivity index (χ4v) is 2.70. The number of rotatable bonds is 4. The zero-order valence-electron chi connectivity index (χ0n) is 13.1. The Labute approximate surface area is 126 Å². The maximum atomic E-state index is 5.77. The van der Waals surface area contributed by atoms with Crippen molar-refractivity contribution in [3.05, 3.63) is 46.8 Å². The highest BCUT2D eigenvalue weighted by Crippen LogP contribution is 2.41. The third-order valence-corrected chi connectivity index (χ3v) is 4.16. The Morgan fingerprint density at radius 3 is 2.38 bits per heavy atom. The molecule has 1 aromatic carbocycles. The molecule has 1 aliphatic rings. The van der Waals surface area contributed by atoms with Crippen molar-refractivity contribution in [3.8, 4) is 0 Å². The van der Waals surface area contributed by atoms with Gasteiger partial charge in [0.05, 0.1) is 17.9 Å². The molecule has 0 bridgehead atoms. The first-order valence-electron chi connectivity index (χ1n) is 7.71. The maximum Gasteiger partial charge on any atom is 0.0997 e. The molecule has 0 unspecified atom stereocenters. The van der Waals surface area contributed by atoms with Crippen molar-refractivity contribution in [2.75, 3.05) is 0 Å². The first-order chi connectivity index (χ1) is 9.99. The molecule has 0 amide bonds. The number of nitrogens with two attached hydrogens (primary N) is 1. The van der Waals surface area contributed by atoms with Gasteiger partial charge in [0.1, 0.15) is 0 Å². The summed E-state index contributed by atoms with van der Waals surface area (Å²) >= 11 is 0. The highest BCUT2D eigenvalue weighted by atomic mass is 15.4. The van der Waals surface area contributed by atoms with Crippen LogP contribution in [-0.2, 0) is 18.5 Å². The highest BCUT2D eigenvalue weighted by molar-refractivity contribution is 5.28. The van der Waals surface area contributed by atoms with Gasteiger partial charge in [0.2, 0.25) is 0 Å². The summed E-state index contributed by atoms with van der Waals surface area (Å²) in [7, 11) is 0. The largest absolute Gasteiger partial charge is 0.325 e. The number of aromatic nitrogens is 3. The van der Waals surface area contributed by atoms with Crippen LogP contribution in [-0.4, -0.2) is 15.0 Å². The van der Waals surface area contributed by atoms with Crippen LogP contribution in [0.1, 0.15) is 62.0 Å². The maximum absolute atomic E-state index is 5.77. The Morgan fingerprint density at radius 1 is 1.19 bits per heavy atom. The van der Waals surface area contributed by atoms with Gasteiger partial charge in [-0.3, -0.25) is 0 Å². The van der Waals surface area contributed by atoms with E-state index in [2.05, 4.69) is 55.3 Å². The van der Waals surface area contributed by atoms with Gasteiger partial charge in [0, 0.05) is 12.5 Å². The van der Waals surface area contributed by atoms with Gasteiger partial charge in [-0.2, -0.15) is 0 Å². The number of benzene rings is 1. The molecule has 1 fully saturated rings. The molecule has 0 atom stereocenters. The fourth-order valence-electron chi connectivity index (χ4n) is 2.70. The SMILES string of the molecule is CC(C)(C)c1ccc(Cn2nnc(CN)c2C2CC2)cc1. The molecule has 112 valence electrons. The van der Waals surface area contributed by atoms with Gasteiger partial charge >= 0.3 is 0 Å². The van der Waals surface area contributed by atoms with E-state index in [1.165, 1.54) is 29.7 Å². The predicted octanol–water partition coefficient (Wildman–Crippen LogP) is 2.96. The molecular weight excluding hydrogens is 260 g/mol. The summed E-state index contributed by atoms with van der Waals surface area (Å²) < 4.78 is 2.03. The summed E-state index contributed by atoms with van der Waals surface area (Å²) in [5, 5.41) is 8.54. The van der Waals surface area contributed by atoms with Crippen molar-refractivity contribution < 1.29 is 0 Å². The Bertz CT molecular complexity index is 615. The van der Waals surface area contributed by atoms with E-state index in [1.807, 2.05) is 4.68 Å². The molecule has 2 N–H and O–H groups in total. The molecule has 0 radical (unpaired) electrons. The first-order valence-corrected chi connectivity index (χ1v) is 7.71. The van der Waals surface area contributed by atoms with Gasteiger partial charge in [0.15, 0.2) is 0 Å². The quantitative estimate of drug-likeness (QED) is 0.939. The van der Waals surface area contributed by atoms with Crippen LogP contribution in [0.5, 0.6) is 0 Å². The summed E-state index contributed by atoms with van der Waals surface area (Å²) in [5.41, 5.74) is 10.8. The summed E-state index contributed by atoms with van der Waals surface area (Å²) in [4.78, 5) is 0. The molecule has 0 aliphatic heterocycles. The number of nitrogens with zero attached hydrogens (tertiary/aromatic N) is 3. The average Bonchev–Trinajstić information content (AvgIpc) is 3.20. The Morgan fingerprint density at radius 2 is 1.86 bits per heavy atom. The van der Waals surface area contributed by atoms with Crippen LogP contribution >= 0.6 is 0 Å².